The maximum absolute atomic E-state index is 9.66. The van der Waals surface area contributed by atoms with Crippen LogP contribution in [0.25, 0.3) is 0 Å². The fraction of sp³-hybridized carbons (Fsp3) is 0.455. The van der Waals surface area contributed by atoms with Gasteiger partial charge in [-0.05, 0) is 0 Å². The third-order valence-corrected chi connectivity index (χ3v) is 4.54. The molecule has 0 aliphatic carbocycles. The van der Waals surface area contributed by atoms with Crippen LogP contribution in [0, 0.1) is 0 Å². The van der Waals surface area contributed by atoms with Gasteiger partial charge in [-0.3, -0.25) is 0 Å². The molecule has 0 aliphatic rings. The van der Waals surface area contributed by atoms with E-state index in [-0.39, 0.29) is 21.6 Å². The van der Waals surface area contributed by atoms with Crippen LogP contribution in [-0.2, 0) is 0 Å². The van der Waals surface area contributed by atoms with Crippen molar-refractivity contribution in [1.82, 2.24) is 0 Å². The van der Waals surface area contributed by atoms with Crippen LogP contribution >= 0.6 is 0 Å². The molecule has 1 aromatic rings. The van der Waals surface area contributed by atoms with Crippen molar-refractivity contribution in [2.24, 2.45) is 5.73 Å². The first-order chi connectivity index (χ1) is 7.65. The molecule has 1 rings (SSSR count). The zero-order chi connectivity index (χ0) is 12.0. The number of rotatable bonds is 6. The number of benzene rings is 1. The molecule has 0 heterocycles. The molecule has 0 saturated heterocycles. The molecule has 0 radical (unpaired) electrons. The Kier molecular flexibility index (Phi) is 5.98. The SMILES string of the molecule is N[C@H](CO)[C@@H](O)[C@H](O)C[Se]c1ccccc1. The van der Waals surface area contributed by atoms with E-state index in [0.717, 1.165) is 0 Å². The number of nitrogens with two attached hydrogens (primary N) is 1. The number of aliphatic hydroxyl groups excluding tert-OH is 3. The van der Waals surface area contributed by atoms with E-state index in [1.165, 1.54) is 4.46 Å². The molecule has 4 nitrogen and oxygen atoms in total. The predicted octanol–water partition coefficient (Wildman–Crippen LogP) is -1.52. The number of hydrogen-bond donors (Lipinski definition) is 4. The summed E-state index contributed by atoms with van der Waals surface area (Å²) in [7, 11) is 0. The molecule has 0 spiro atoms. The summed E-state index contributed by atoms with van der Waals surface area (Å²) in [5, 5.41) is 28.4. The molecule has 0 aromatic heterocycles. The summed E-state index contributed by atoms with van der Waals surface area (Å²) in [5.74, 6) is 0. The van der Waals surface area contributed by atoms with E-state index in [9.17, 15) is 10.2 Å². The van der Waals surface area contributed by atoms with E-state index < -0.39 is 18.2 Å². The second kappa shape index (κ2) is 7.01. The fourth-order valence-electron chi connectivity index (χ4n) is 1.19. The molecule has 3 atom stereocenters. The van der Waals surface area contributed by atoms with Gasteiger partial charge in [0.2, 0.25) is 0 Å². The van der Waals surface area contributed by atoms with Crippen LogP contribution in [0.3, 0.4) is 0 Å². The normalized spacial score (nSPS) is 16.8. The van der Waals surface area contributed by atoms with Gasteiger partial charge in [-0.2, -0.15) is 0 Å². The van der Waals surface area contributed by atoms with Gasteiger partial charge in [-0.15, -0.1) is 0 Å². The first-order valence-electron chi connectivity index (χ1n) is 5.05. The Labute approximate surface area is 101 Å². The van der Waals surface area contributed by atoms with E-state index >= 15 is 0 Å². The van der Waals surface area contributed by atoms with Crippen LogP contribution in [0.4, 0.5) is 0 Å². The molecular formula is C11H17NO3Se. The molecule has 90 valence electrons. The second-order valence-corrected chi connectivity index (χ2v) is 5.82. The van der Waals surface area contributed by atoms with Crippen LogP contribution < -0.4 is 10.2 Å². The maximum atomic E-state index is 9.66. The van der Waals surface area contributed by atoms with Crippen LogP contribution in [0.15, 0.2) is 30.3 Å². The summed E-state index contributed by atoms with van der Waals surface area (Å²) in [6.07, 6.45) is -1.93. The first-order valence-corrected chi connectivity index (χ1v) is 7.12. The molecule has 0 bridgehead atoms. The van der Waals surface area contributed by atoms with Gasteiger partial charge in [0.05, 0.1) is 0 Å². The van der Waals surface area contributed by atoms with Crippen molar-refractivity contribution in [3.8, 4) is 0 Å². The second-order valence-electron chi connectivity index (χ2n) is 3.53. The number of hydrogen-bond acceptors (Lipinski definition) is 4. The summed E-state index contributed by atoms with van der Waals surface area (Å²) in [5.41, 5.74) is 5.43. The third-order valence-electron chi connectivity index (χ3n) is 2.21. The van der Waals surface area contributed by atoms with Crippen molar-refractivity contribution >= 4 is 19.4 Å². The minimum atomic E-state index is -1.06. The topological polar surface area (TPSA) is 86.7 Å². The quantitative estimate of drug-likeness (QED) is 0.479. The van der Waals surface area contributed by atoms with Gasteiger partial charge in [-0.25, -0.2) is 0 Å². The molecule has 0 amide bonds. The minimum absolute atomic E-state index is 0.108. The van der Waals surface area contributed by atoms with Crippen molar-refractivity contribution in [1.29, 1.82) is 0 Å². The average Bonchev–Trinajstić information content (AvgIpc) is 2.35. The molecule has 0 unspecified atom stereocenters. The Hall–Kier alpha value is -0.421. The Morgan fingerprint density at radius 2 is 1.81 bits per heavy atom. The Balaban J connectivity index is 2.38. The standard InChI is InChI=1S/C11H17NO3Se/c12-9(6-13)11(15)10(14)7-16-8-4-2-1-3-5-8/h1-5,9-11,13-15H,6-7,12H2/t9-,10-,11-/m1/s1. The van der Waals surface area contributed by atoms with Gasteiger partial charge in [-0.1, -0.05) is 0 Å². The summed E-state index contributed by atoms with van der Waals surface area (Å²) < 4.78 is 1.17. The Morgan fingerprint density at radius 1 is 1.19 bits per heavy atom. The van der Waals surface area contributed by atoms with Gasteiger partial charge < -0.3 is 0 Å². The van der Waals surface area contributed by atoms with Crippen LogP contribution in [0.2, 0.25) is 5.32 Å². The third kappa shape index (κ3) is 4.21. The van der Waals surface area contributed by atoms with Crippen molar-refractivity contribution in [2.75, 3.05) is 6.61 Å². The summed E-state index contributed by atoms with van der Waals surface area (Å²) in [6.45, 7) is -0.323. The van der Waals surface area contributed by atoms with Gasteiger partial charge in [0.25, 0.3) is 0 Å². The van der Waals surface area contributed by atoms with Crippen LogP contribution in [-0.4, -0.2) is 55.1 Å². The predicted molar refractivity (Wildman–Crippen MR) is 63.7 cm³/mol. The zero-order valence-electron chi connectivity index (χ0n) is 8.86. The summed E-state index contributed by atoms with van der Waals surface area (Å²) in [4.78, 5) is 0. The monoisotopic (exact) mass is 291 g/mol. The van der Waals surface area contributed by atoms with E-state index in [4.69, 9.17) is 10.8 Å². The van der Waals surface area contributed by atoms with Crippen molar-refractivity contribution in [3.63, 3.8) is 0 Å². The van der Waals surface area contributed by atoms with Gasteiger partial charge in [0.1, 0.15) is 0 Å². The van der Waals surface area contributed by atoms with Crippen molar-refractivity contribution in [2.45, 2.75) is 23.6 Å². The zero-order valence-corrected chi connectivity index (χ0v) is 10.6. The molecular weight excluding hydrogens is 273 g/mol. The number of aliphatic hydroxyl groups is 3. The van der Waals surface area contributed by atoms with Crippen molar-refractivity contribution in [3.05, 3.63) is 30.3 Å². The molecule has 0 fully saturated rings. The fourth-order valence-corrected chi connectivity index (χ4v) is 3.10. The van der Waals surface area contributed by atoms with E-state index in [0.29, 0.717) is 5.32 Å². The van der Waals surface area contributed by atoms with E-state index in [1.807, 2.05) is 30.3 Å². The van der Waals surface area contributed by atoms with Crippen LogP contribution in [0.1, 0.15) is 0 Å². The molecule has 16 heavy (non-hydrogen) atoms. The first kappa shape index (κ1) is 13.6. The van der Waals surface area contributed by atoms with Gasteiger partial charge in [0, 0.05) is 0 Å². The van der Waals surface area contributed by atoms with Gasteiger partial charge in [0.15, 0.2) is 0 Å². The average molecular weight is 290 g/mol. The van der Waals surface area contributed by atoms with E-state index in [1.54, 1.807) is 0 Å². The van der Waals surface area contributed by atoms with Crippen molar-refractivity contribution < 1.29 is 15.3 Å². The van der Waals surface area contributed by atoms with Crippen LogP contribution in [0.5, 0.6) is 0 Å². The molecule has 0 saturated carbocycles. The molecule has 0 aliphatic heterocycles. The van der Waals surface area contributed by atoms with E-state index in [2.05, 4.69) is 0 Å². The Morgan fingerprint density at radius 3 is 2.38 bits per heavy atom. The molecule has 1 aromatic carbocycles. The van der Waals surface area contributed by atoms with Gasteiger partial charge >= 0.3 is 101 Å². The molecule has 5 N–H and O–H groups in total. The summed E-state index contributed by atoms with van der Waals surface area (Å²) >= 11 is 0.108. The molecule has 5 heteroatoms. The Bertz CT molecular complexity index is 297. The summed E-state index contributed by atoms with van der Waals surface area (Å²) in [6, 6.07) is 9.03.